The summed E-state index contributed by atoms with van der Waals surface area (Å²) in [7, 11) is 0. The Labute approximate surface area is 98.0 Å². The fraction of sp³-hybridized carbons (Fsp3) is 0.455. The van der Waals surface area contributed by atoms with E-state index in [0.29, 0.717) is 5.33 Å². The van der Waals surface area contributed by atoms with Gasteiger partial charge in [0.05, 0.1) is 6.10 Å². The zero-order valence-corrected chi connectivity index (χ0v) is 10.9. The lowest BCUT2D eigenvalue weighted by molar-refractivity contribution is 0.226. The number of hydrogen-bond acceptors (Lipinski definition) is 2. The number of thioether (sulfide) groups is 1. The van der Waals surface area contributed by atoms with Crippen LogP contribution in [-0.4, -0.2) is 22.3 Å². The molecule has 0 aromatic heterocycles. The first kappa shape index (κ1) is 12.1. The average Bonchev–Trinajstić information content (AvgIpc) is 2.19. The van der Waals surface area contributed by atoms with Crippen LogP contribution < -0.4 is 0 Å². The first-order valence-corrected chi connectivity index (χ1v) is 6.68. The molecule has 78 valence electrons. The van der Waals surface area contributed by atoms with Crippen molar-refractivity contribution in [3.63, 3.8) is 0 Å². The van der Waals surface area contributed by atoms with Crippen molar-refractivity contribution >= 4 is 27.7 Å². The molecule has 1 rings (SSSR count). The van der Waals surface area contributed by atoms with E-state index < -0.39 is 0 Å². The summed E-state index contributed by atoms with van der Waals surface area (Å²) in [5, 5.41) is 10.1. The Bertz CT molecular complexity index is 301. The number of hydrogen-bond donors (Lipinski definition) is 1. The van der Waals surface area contributed by atoms with Gasteiger partial charge in [-0.3, -0.25) is 0 Å². The maximum atomic E-state index is 9.41. The molecule has 1 N–H and O–H groups in total. The van der Waals surface area contributed by atoms with E-state index in [1.807, 2.05) is 0 Å². The van der Waals surface area contributed by atoms with E-state index in [9.17, 15) is 5.11 Å². The molecule has 0 fully saturated rings. The molecule has 3 heteroatoms. The number of aliphatic hydroxyl groups is 1. The molecule has 0 spiro atoms. The Hall–Kier alpha value is 0.01000. The maximum absolute atomic E-state index is 9.41. The third-order valence-corrected chi connectivity index (χ3v) is 4.00. The highest BCUT2D eigenvalue weighted by Crippen LogP contribution is 2.24. The van der Waals surface area contributed by atoms with E-state index in [1.165, 1.54) is 16.0 Å². The largest absolute Gasteiger partial charge is 0.391 e. The van der Waals surface area contributed by atoms with E-state index in [-0.39, 0.29) is 6.10 Å². The van der Waals surface area contributed by atoms with Gasteiger partial charge in [0.2, 0.25) is 0 Å². The Kier molecular flexibility index (Phi) is 4.99. The molecule has 0 saturated heterocycles. The van der Waals surface area contributed by atoms with Crippen LogP contribution in [0, 0.1) is 13.8 Å². The van der Waals surface area contributed by atoms with Crippen LogP contribution in [0.3, 0.4) is 0 Å². The zero-order chi connectivity index (χ0) is 10.6. The number of aliphatic hydroxyl groups excluding tert-OH is 1. The standard InChI is InChI=1S/C11H15BrOS/c1-8-3-4-9(2)11(5-8)14-7-10(13)6-12/h3-5,10,13H,6-7H2,1-2H3. The van der Waals surface area contributed by atoms with Gasteiger partial charge >= 0.3 is 0 Å². The molecular formula is C11H15BrOS. The highest BCUT2D eigenvalue weighted by atomic mass is 79.9. The van der Waals surface area contributed by atoms with Crippen molar-refractivity contribution in [3.05, 3.63) is 29.3 Å². The summed E-state index contributed by atoms with van der Waals surface area (Å²) >= 11 is 4.97. The Morgan fingerprint density at radius 1 is 1.43 bits per heavy atom. The van der Waals surface area contributed by atoms with Gasteiger partial charge in [-0.25, -0.2) is 0 Å². The molecule has 1 aromatic rings. The average molecular weight is 275 g/mol. The van der Waals surface area contributed by atoms with Gasteiger partial charge in [-0.1, -0.05) is 33.6 Å². The zero-order valence-electron chi connectivity index (χ0n) is 8.46. The molecule has 0 heterocycles. The van der Waals surface area contributed by atoms with Crippen LogP contribution in [0.15, 0.2) is 23.1 Å². The van der Waals surface area contributed by atoms with E-state index in [1.54, 1.807) is 11.8 Å². The van der Waals surface area contributed by atoms with Gasteiger partial charge in [0.15, 0.2) is 0 Å². The second-order valence-electron chi connectivity index (χ2n) is 3.39. The van der Waals surface area contributed by atoms with Crippen molar-refractivity contribution in [1.29, 1.82) is 0 Å². The highest BCUT2D eigenvalue weighted by molar-refractivity contribution is 9.09. The monoisotopic (exact) mass is 274 g/mol. The molecule has 0 bridgehead atoms. The van der Waals surface area contributed by atoms with Gasteiger partial charge < -0.3 is 5.11 Å². The van der Waals surface area contributed by atoms with Gasteiger partial charge in [0.25, 0.3) is 0 Å². The predicted molar refractivity (Wildman–Crippen MR) is 66.4 cm³/mol. The van der Waals surface area contributed by atoms with Gasteiger partial charge in [-0.2, -0.15) is 0 Å². The molecule has 0 saturated carbocycles. The highest BCUT2D eigenvalue weighted by Gasteiger charge is 2.04. The quantitative estimate of drug-likeness (QED) is 0.673. The van der Waals surface area contributed by atoms with E-state index in [0.717, 1.165) is 5.75 Å². The first-order chi connectivity index (χ1) is 6.63. The third kappa shape index (κ3) is 3.64. The fourth-order valence-electron chi connectivity index (χ4n) is 1.09. The Morgan fingerprint density at radius 2 is 2.14 bits per heavy atom. The Morgan fingerprint density at radius 3 is 2.79 bits per heavy atom. The number of halogens is 1. The SMILES string of the molecule is Cc1ccc(C)c(SCC(O)CBr)c1. The normalized spacial score (nSPS) is 12.9. The molecule has 1 atom stereocenters. The number of rotatable bonds is 4. The van der Waals surface area contributed by atoms with E-state index in [4.69, 9.17) is 0 Å². The fourth-order valence-corrected chi connectivity index (χ4v) is 2.68. The number of alkyl halides is 1. The molecule has 1 aromatic carbocycles. The molecule has 0 aliphatic rings. The summed E-state index contributed by atoms with van der Waals surface area (Å²) in [5.41, 5.74) is 2.55. The van der Waals surface area contributed by atoms with Crippen molar-refractivity contribution < 1.29 is 5.11 Å². The van der Waals surface area contributed by atoms with Gasteiger partial charge in [-0.05, 0) is 25.5 Å². The topological polar surface area (TPSA) is 20.2 Å². The third-order valence-electron chi connectivity index (χ3n) is 1.95. The van der Waals surface area contributed by atoms with Gasteiger partial charge in [0.1, 0.15) is 0 Å². The van der Waals surface area contributed by atoms with Crippen LogP contribution in [0.25, 0.3) is 0 Å². The molecule has 14 heavy (non-hydrogen) atoms. The lowest BCUT2D eigenvalue weighted by Gasteiger charge is -2.09. The minimum absolute atomic E-state index is 0.264. The van der Waals surface area contributed by atoms with Crippen molar-refractivity contribution in [2.45, 2.75) is 24.8 Å². The van der Waals surface area contributed by atoms with Crippen molar-refractivity contribution in [3.8, 4) is 0 Å². The Balaban J connectivity index is 2.62. The predicted octanol–water partition coefficient (Wildman–Crippen LogP) is 3.15. The molecule has 0 aliphatic heterocycles. The lowest BCUT2D eigenvalue weighted by Crippen LogP contribution is -2.10. The second kappa shape index (κ2) is 5.79. The molecular weight excluding hydrogens is 260 g/mol. The van der Waals surface area contributed by atoms with Crippen molar-refractivity contribution in [1.82, 2.24) is 0 Å². The van der Waals surface area contributed by atoms with Crippen LogP contribution >= 0.6 is 27.7 Å². The minimum Gasteiger partial charge on any atom is -0.391 e. The minimum atomic E-state index is -0.264. The van der Waals surface area contributed by atoms with Crippen LogP contribution in [0.2, 0.25) is 0 Å². The molecule has 1 nitrogen and oxygen atoms in total. The molecule has 0 radical (unpaired) electrons. The van der Waals surface area contributed by atoms with Crippen molar-refractivity contribution in [2.24, 2.45) is 0 Å². The summed E-state index contributed by atoms with van der Waals surface area (Å²) in [6, 6.07) is 6.40. The molecule has 0 amide bonds. The van der Waals surface area contributed by atoms with Crippen LogP contribution in [0.5, 0.6) is 0 Å². The molecule has 0 aliphatic carbocycles. The first-order valence-electron chi connectivity index (χ1n) is 4.57. The summed E-state index contributed by atoms with van der Waals surface area (Å²) in [5.74, 6) is 0.746. The number of benzene rings is 1. The maximum Gasteiger partial charge on any atom is 0.0730 e. The number of aryl methyl sites for hydroxylation is 2. The van der Waals surface area contributed by atoms with E-state index >= 15 is 0 Å². The molecule has 1 unspecified atom stereocenters. The van der Waals surface area contributed by atoms with Crippen LogP contribution in [-0.2, 0) is 0 Å². The van der Waals surface area contributed by atoms with Crippen LogP contribution in [0.1, 0.15) is 11.1 Å². The smallest absolute Gasteiger partial charge is 0.0730 e. The summed E-state index contributed by atoms with van der Waals surface area (Å²) in [6.07, 6.45) is -0.264. The summed E-state index contributed by atoms with van der Waals surface area (Å²) < 4.78 is 0. The summed E-state index contributed by atoms with van der Waals surface area (Å²) in [4.78, 5) is 1.27. The van der Waals surface area contributed by atoms with Crippen molar-refractivity contribution in [2.75, 3.05) is 11.1 Å². The van der Waals surface area contributed by atoms with E-state index in [2.05, 4.69) is 48.0 Å². The second-order valence-corrected chi connectivity index (χ2v) is 5.10. The lowest BCUT2D eigenvalue weighted by atomic mass is 10.2. The van der Waals surface area contributed by atoms with Gasteiger partial charge in [-0.15, -0.1) is 11.8 Å². The summed E-state index contributed by atoms with van der Waals surface area (Å²) in [6.45, 7) is 4.19. The van der Waals surface area contributed by atoms with Crippen LogP contribution in [0.4, 0.5) is 0 Å². The van der Waals surface area contributed by atoms with Gasteiger partial charge in [0, 0.05) is 16.0 Å².